The number of hydrogen-bond acceptors (Lipinski definition) is 1. The molecule has 0 radical (unpaired) electrons. The molecule has 1 rings (SSSR count). The Morgan fingerprint density at radius 1 is 1.27 bits per heavy atom. The molecule has 80 valence electrons. The molecule has 0 aliphatic heterocycles. The van der Waals surface area contributed by atoms with Gasteiger partial charge in [-0.3, -0.25) is 0 Å². The molecular weight excluding hydrogens is 253 g/mol. The van der Waals surface area contributed by atoms with E-state index < -0.39 is 0 Å². The Morgan fingerprint density at radius 3 is 2.33 bits per heavy atom. The molecule has 0 atom stereocenters. The molecule has 1 aromatic rings. The minimum absolute atomic E-state index is 0.0312. The second-order valence-corrected chi connectivity index (χ2v) is 5.39. The number of allylic oxidation sites excluding steroid dienone is 1. The Labute approximate surface area is 96.9 Å². The van der Waals surface area contributed by atoms with E-state index >= 15 is 0 Å². The van der Waals surface area contributed by atoms with E-state index in [4.69, 9.17) is 0 Å². The van der Waals surface area contributed by atoms with Crippen LogP contribution >= 0.6 is 0 Å². The maximum atomic E-state index is 11.3. The van der Waals surface area contributed by atoms with Crippen molar-refractivity contribution in [3.05, 3.63) is 40.4 Å². The van der Waals surface area contributed by atoms with E-state index in [0.717, 1.165) is 0 Å². The summed E-state index contributed by atoms with van der Waals surface area (Å²) in [6.45, 7) is 4.20. The third kappa shape index (κ3) is 3.90. The van der Waals surface area contributed by atoms with Crippen molar-refractivity contribution in [3.63, 3.8) is 0 Å². The number of rotatable bonds is 3. The van der Waals surface area contributed by atoms with Crippen LogP contribution in [0, 0.1) is 0 Å². The first-order chi connectivity index (χ1) is 7.13. The van der Waals surface area contributed by atoms with Crippen molar-refractivity contribution >= 4 is 25.3 Å². The topological polar surface area (TPSA) is 29.1 Å². The zero-order chi connectivity index (χ0) is 11.3. The number of nitrogens with one attached hydrogen (secondary N) is 1. The third-order valence-electron chi connectivity index (χ3n) is 1.77. The van der Waals surface area contributed by atoms with Crippen LogP contribution in [0.1, 0.15) is 24.2 Å². The molecule has 2 nitrogen and oxygen atoms in total. The average molecular weight is 268 g/mol. The fraction of sp³-hybridized carbons (Fsp3) is 0.250. The standard InChI is InChI=1S/C12H15NOSe/c1-9(2)8-15-11-6-4-10(5-7-11)12(14)13-3/h4-8H,1-3H3,(H,13,14). The Bertz CT molecular complexity index is 364. The van der Waals surface area contributed by atoms with E-state index in [-0.39, 0.29) is 5.91 Å². The maximum absolute atomic E-state index is 11.3. The SMILES string of the molecule is CNC(=O)c1ccc([Se]C=C(C)C)cc1. The second kappa shape index (κ2) is 5.74. The van der Waals surface area contributed by atoms with Crippen LogP contribution in [0.3, 0.4) is 0 Å². The quantitative estimate of drug-likeness (QED) is 0.823. The van der Waals surface area contributed by atoms with Crippen molar-refractivity contribution in [2.75, 3.05) is 7.05 Å². The van der Waals surface area contributed by atoms with Crippen LogP contribution in [0.5, 0.6) is 0 Å². The Balaban J connectivity index is 2.72. The Morgan fingerprint density at radius 2 is 1.87 bits per heavy atom. The fourth-order valence-corrected chi connectivity index (χ4v) is 2.41. The van der Waals surface area contributed by atoms with Gasteiger partial charge in [0.05, 0.1) is 0 Å². The van der Waals surface area contributed by atoms with Gasteiger partial charge in [0.2, 0.25) is 0 Å². The molecule has 0 aliphatic carbocycles. The van der Waals surface area contributed by atoms with Crippen molar-refractivity contribution in [2.24, 2.45) is 0 Å². The normalized spacial score (nSPS) is 9.53. The predicted octanol–water partition coefficient (Wildman–Crippen LogP) is 1.30. The van der Waals surface area contributed by atoms with E-state index in [1.807, 2.05) is 24.3 Å². The summed E-state index contributed by atoms with van der Waals surface area (Å²) >= 11 is 0.375. The van der Waals surface area contributed by atoms with Crippen LogP contribution in [0.25, 0.3) is 0 Å². The molecule has 0 bridgehead atoms. The first-order valence-corrected chi connectivity index (χ1v) is 6.60. The molecule has 0 fully saturated rings. The van der Waals surface area contributed by atoms with Gasteiger partial charge in [0, 0.05) is 0 Å². The molecule has 0 unspecified atom stereocenters. The number of carbonyl (C=O) groups excluding carboxylic acids is 1. The van der Waals surface area contributed by atoms with E-state index in [0.29, 0.717) is 20.5 Å². The van der Waals surface area contributed by atoms with Gasteiger partial charge in [0.1, 0.15) is 0 Å². The number of benzene rings is 1. The monoisotopic (exact) mass is 269 g/mol. The van der Waals surface area contributed by atoms with E-state index in [1.54, 1.807) is 7.05 Å². The van der Waals surface area contributed by atoms with Crippen molar-refractivity contribution in [1.29, 1.82) is 0 Å². The van der Waals surface area contributed by atoms with Gasteiger partial charge >= 0.3 is 96.7 Å². The van der Waals surface area contributed by atoms with Crippen LogP contribution in [0.4, 0.5) is 0 Å². The molecule has 0 saturated carbocycles. The Kier molecular flexibility index (Phi) is 4.60. The molecule has 0 aliphatic rings. The van der Waals surface area contributed by atoms with Gasteiger partial charge in [-0.1, -0.05) is 0 Å². The van der Waals surface area contributed by atoms with Gasteiger partial charge in [0.25, 0.3) is 0 Å². The van der Waals surface area contributed by atoms with Crippen molar-refractivity contribution < 1.29 is 4.79 Å². The first-order valence-electron chi connectivity index (χ1n) is 4.75. The third-order valence-corrected chi connectivity index (χ3v) is 4.15. The Hall–Kier alpha value is -1.05. The van der Waals surface area contributed by atoms with Crippen LogP contribution in [-0.2, 0) is 0 Å². The van der Waals surface area contributed by atoms with Crippen molar-refractivity contribution in [1.82, 2.24) is 5.32 Å². The molecule has 1 N–H and O–H groups in total. The molecule has 0 spiro atoms. The number of hydrogen-bond donors (Lipinski definition) is 1. The summed E-state index contributed by atoms with van der Waals surface area (Å²) in [4.78, 5) is 13.5. The summed E-state index contributed by atoms with van der Waals surface area (Å²) in [6.07, 6.45) is 0. The van der Waals surface area contributed by atoms with Gasteiger partial charge in [-0.25, -0.2) is 0 Å². The van der Waals surface area contributed by atoms with Gasteiger partial charge in [-0.2, -0.15) is 0 Å². The summed E-state index contributed by atoms with van der Waals surface area (Å²) in [7, 11) is 1.64. The summed E-state index contributed by atoms with van der Waals surface area (Å²) < 4.78 is 1.29. The molecule has 15 heavy (non-hydrogen) atoms. The zero-order valence-electron chi connectivity index (χ0n) is 9.20. The molecule has 1 amide bonds. The van der Waals surface area contributed by atoms with Gasteiger partial charge in [-0.05, 0) is 0 Å². The van der Waals surface area contributed by atoms with Crippen LogP contribution < -0.4 is 9.78 Å². The molecule has 0 saturated heterocycles. The summed E-state index contributed by atoms with van der Waals surface area (Å²) in [5.74, 6) is -0.0312. The number of amides is 1. The molecule has 0 heterocycles. The molecule has 1 aromatic carbocycles. The van der Waals surface area contributed by atoms with E-state index in [2.05, 4.69) is 24.1 Å². The summed E-state index contributed by atoms with van der Waals surface area (Å²) in [5.41, 5.74) is 2.06. The summed E-state index contributed by atoms with van der Waals surface area (Å²) in [5, 5.41) is 2.61. The first kappa shape index (κ1) is 12.0. The van der Waals surface area contributed by atoms with Crippen LogP contribution in [0.2, 0.25) is 0 Å². The molecule has 3 heteroatoms. The summed E-state index contributed by atoms with van der Waals surface area (Å²) in [6, 6.07) is 7.78. The van der Waals surface area contributed by atoms with Gasteiger partial charge in [0.15, 0.2) is 0 Å². The second-order valence-electron chi connectivity index (χ2n) is 3.42. The zero-order valence-corrected chi connectivity index (χ0v) is 10.9. The minimum atomic E-state index is -0.0312. The van der Waals surface area contributed by atoms with E-state index in [1.165, 1.54) is 10.0 Å². The predicted molar refractivity (Wildman–Crippen MR) is 64.7 cm³/mol. The molecular formula is C12H15NOSe. The van der Waals surface area contributed by atoms with Crippen LogP contribution in [-0.4, -0.2) is 27.9 Å². The van der Waals surface area contributed by atoms with E-state index in [9.17, 15) is 4.79 Å². The number of carbonyl (C=O) groups is 1. The average Bonchev–Trinajstić information content (AvgIpc) is 2.26. The van der Waals surface area contributed by atoms with Crippen molar-refractivity contribution in [2.45, 2.75) is 13.8 Å². The van der Waals surface area contributed by atoms with Gasteiger partial charge < -0.3 is 0 Å². The van der Waals surface area contributed by atoms with Crippen molar-refractivity contribution in [3.8, 4) is 0 Å². The molecule has 0 aromatic heterocycles. The van der Waals surface area contributed by atoms with Crippen LogP contribution in [0.15, 0.2) is 34.8 Å². The van der Waals surface area contributed by atoms with Gasteiger partial charge in [-0.15, -0.1) is 0 Å². The fourth-order valence-electron chi connectivity index (χ4n) is 1.02.